The summed E-state index contributed by atoms with van der Waals surface area (Å²) >= 11 is 0. The molecule has 1 aromatic heterocycles. The molecule has 0 aliphatic rings. The van der Waals surface area contributed by atoms with Gasteiger partial charge in [0.05, 0.1) is 11.4 Å². The van der Waals surface area contributed by atoms with Crippen LogP contribution in [0.5, 0.6) is 0 Å². The molecule has 2 rings (SSSR count). The maximum Gasteiger partial charge on any atom is 0.308 e. The maximum atomic E-state index is 11.9. The Bertz CT molecular complexity index is 635. The molecule has 1 aromatic carbocycles. The van der Waals surface area contributed by atoms with E-state index in [0.29, 0.717) is 11.1 Å². The topological polar surface area (TPSA) is 97.1 Å². The minimum absolute atomic E-state index is 0.0900. The van der Waals surface area contributed by atoms with Gasteiger partial charge >= 0.3 is 5.97 Å². The molecule has 100 valence electrons. The van der Waals surface area contributed by atoms with Crippen molar-refractivity contribution in [1.82, 2.24) is 20.3 Å². The summed E-state index contributed by atoms with van der Waals surface area (Å²) in [7, 11) is 1.77. The number of benzene rings is 1. The molecule has 0 aliphatic heterocycles. The van der Waals surface area contributed by atoms with E-state index in [4.69, 9.17) is 5.11 Å². The van der Waals surface area contributed by atoms with Gasteiger partial charge in [-0.2, -0.15) is 0 Å². The van der Waals surface area contributed by atoms with E-state index in [1.807, 2.05) is 0 Å². The maximum absolute atomic E-state index is 11.9. The van der Waals surface area contributed by atoms with E-state index in [1.165, 1.54) is 6.92 Å². The highest BCUT2D eigenvalue weighted by Gasteiger charge is 2.14. The average molecular weight is 262 g/mol. The van der Waals surface area contributed by atoms with E-state index in [1.54, 1.807) is 29.9 Å². The first-order chi connectivity index (χ1) is 8.99. The highest BCUT2D eigenvalue weighted by Crippen LogP contribution is 2.12. The van der Waals surface area contributed by atoms with Gasteiger partial charge in [-0.1, -0.05) is 12.1 Å². The lowest BCUT2D eigenvalue weighted by atomic mass is 10.1. The van der Waals surface area contributed by atoms with Crippen molar-refractivity contribution >= 4 is 22.9 Å². The number of carbonyl (C=O) groups excluding carboxylic acids is 1. The lowest BCUT2D eigenvalue weighted by molar-refractivity contribution is -0.140. The second-order valence-corrected chi connectivity index (χ2v) is 4.37. The van der Waals surface area contributed by atoms with Crippen molar-refractivity contribution in [2.75, 3.05) is 6.54 Å². The zero-order chi connectivity index (χ0) is 14.0. The quantitative estimate of drug-likeness (QED) is 0.832. The molecule has 0 bridgehead atoms. The van der Waals surface area contributed by atoms with Gasteiger partial charge in [-0.25, -0.2) is 4.68 Å². The number of aromatic nitrogens is 3. The Balaban J connectivity index is 2.11. The Hall–Kier alpha value is -2.44. The number of hydrogen-bond acceptors (Lipinski definition) is 4. The third kappa shape index (κ3) is 2.70. The fourth-order valence-corrected chi connectivity index (χ4v) is 1.62. The molecule has 1 unspecified atom stereocenters. The lowest BCUT2D eigenvalue weighted by Gasteiger charge is -2.08. The third-order valence-corrected chi connectivity index (χ3v) is 2.86. The van der Waals surface area contributed by atoms with Crippen LogP contribution in [0.2, 0.25) is 0 Å². The molecule has 0 saturated carbocycles. The number of amides is 1. The zero-order valence-corrected chi connectivity index (χ0v) is 10.6. The lowest BCUT2D eigenvalue weighted by Crippen LogP contribution is -2.31. The van der Waals surface area contributed by atoms with Crippen LogP contribution in [-0.2, 0) is 11.8 Å². The van der Waals surface area contributed by atoms with Crippen LogP contribution in [0.15, 0.2) is 18.2 Å². The van der Waals surface area contributed by atoms with Gasteiger partial charge in [0.2, 0.25) is 0 Å². The molecule has 7 heteroatoms. The first-order valence-electron chi connectivity index (χ1n) is 5.79. The normalized spacial score (nSPS) is 12.3. The first-order valence-corrected chi connectivity index (χ1v) is 5.79. The van der Waals surface area contributed by atoms with Gasteiger partial charge in [0, 0.05) is 19.2 Å². The number of nitrogens with one attached hydrogen (secondary N) is 1. The van der Waals surface area contributed by atoms with Crippen LogP contribution in [0.3, 0.4) is 0 Å². The number of fused-ring (bicyclic) bond motifs is 1. The van der Waals surface area contributed by atoms with Gasteiger partial charge in [0.25, 0.3) is 5.91 Å². The highest BCUT2D eigenvalue weighted by atomic mass is 16.4. The molecule has 0 spiro atoms. The predicted molar refractivity (Wildman–Crippen MR) is 67.6 cm³/mol. The average Bonchev–Trinajstić information content (AvgIpc) is 2.76. The molecule has 2 N–H and O–H groups in total. The second kappa shape index (κ2) is 5.05. The minimum Gasteiger partial charge on any atom is -0.481 e. The summed E-state index contributed by atoms with van der Waals surface area (Å²) in [4.78, 5) is 22.5. The monoisotopic (exact) mass is 262 g/mol. The molecule has 2 aromatic rings. The summed E-state index contributed by atoms with van der Waals surface area (Å²) in [6.45, 7) is 1.63. The molecule has 0 fully saturated rings. The smallest absolute Gasteiger partial charge is 0.308 e. The molecule has 1 heterocycles. The van der Waals surface area contributed by atoms with Crippen molar-refractivity contribution in [3.8, 4) is 0 Å². The third-order valence-electron chi connectivity index (χ3n) is 2.86. The molecule has 0 saturated heterocycles. The number of hydrogen-bond donors (Lipinski definition) is 2. The van der Waals surface area contributed by atoms with E-state index >= 15 is 0 Å². The second-order valence-electron chi connectivity index (χ2n) is 4.37. The van der Waals surface area contributed by atoms with E-state index in [0.717, 1.165) is 5.52 Å². The van der Waals surface area contributed by atoms with Crippen LogP contribution in [-0.4, -0.2) is 38.5 Å². The van der Waals surface area contributed by atoms with Gasteiger partial charge in [-0.3, -0.25) is 9.59 Å². The molecule has 0 aliphatic carbocycles. The SMILES string of the molecule is CC(CNC(=O)c1ccc2c(c1)nnn2C)C(=O)O. The summed E-state index contributed by atoms with van der Waals surface area (Å²) in [5.41, 5.74) is 1.89. The molecular formula is C12H14N4O3. The fraction of sp³-hybridized carbons (Fsp3) is 0.333. The number of aliphatic carboxylic acids is 1. The van der Waals surface area contributed by atoms with Crippen LogP contribution in [0.25, 0.3) is 11.0 Å². The van der Waals surface area contributed by atoms with Gasteiger partial charge in [0.1, 0.15) is 5.52 Å². The van der Waals surface area contributed by atoms with Crippen molar-refractivity contribution in [3.05, 3.63) is 23.8 Å². The van der Waals surface area contributed by atoms with Gasteiger partial charge < -0.3 is 10.4 Å². The predicted octanol–water partition coefficient (Wildman–Crippen LogP) is 0.419. The van der Waals surface area contributed by atoms with Gasteiger partial charge in [0.15, 0.2) is 0 Å². The van der Waals surface area contributed by atoms with Crippen LogP contribution >= 0.6 is 0 Å². The number of carbonyl (C=O) groups is 2. The van der Waals surface area contributed by atoms with E-state index in [-0.39, 0.29) is 12.5 Å². The minimum atomic E-state index is -0.940. The number of carboxylic acids is 1. The van der Waals surface area contributed by atoms with Crippen LogP contribution in [0.4, 0.5) is 0 Å². The van der Waals surface area contributed by atoms with Crippen molar-refractivity contribution < 1.29 is 14.7 Å². The summed E-state index contributed by atoms with van der Waals surface area (Å²) < 4.78 is 1.61. The molecule has 1 amide bonds. The summed E-state index contributed by atoms with van der Waals surface area (Å²) in [5, 5.41) is 19.1. The molecular weight excluding hydrogens is 248 g/mol. The Kier molecular flexibility index (Phi) is 3.46. The number of carboxylic acid groups (broad SMARTS) is 1. The Morgan fingerprint density at radius 3 is 2.89 bits per heavy atom. The Labute approximate surface area is 109 Å². The van der Waals surface area contributed by atoms with Crippen molar-refractivity contribution in [3.63, 3.8) is 0 Å². The van der Waals surface area contributed by atoms with Crippen LogP contribution in [0, 0.1) is 5.92 Å². The molecule has 0 radical (unpaired) electrons. The van der Waals surface area contributed by atoms with E-state index in [9.17, 15) is 9.59 Å². The Morgan fingerprint density at radius 2 is 2.21 bits per heavy atom. The summed E-state index contributed by atoms with van der Waals surface area (Å²) in [5.74, 6) is -1.88. The first kappa shape index (κ1) is 13.0. The van der Waals surface area contributed by atoms with Crippen LogP contribution < -0.4 is 5.32 Å². The van der Waals surface area contributed by atoms with Crippen molar-refractivity contribution in [2.24, 2.45) is 13.0 Å². The van der Waals surface area contributed by atoms with Crippen LogP contribution in [0.1, 0.15) is 17.3 Å². The molecule has 19 heavy (non-hydrogen) atoms. The number of aryl methyl sites for hydroxylation is 1. The highest BCUT2D eigenvalue weighted by molar-refractivity contribution is 5.97. The summed E-state index contributed by atoms with van der Waals surface area (Å²) in [6.07, 6.45) is 0. The standard InChI is InChI=1S/C12H14N4O3/c1-7(12(18)19)6-13-11(17)8-3-4-10-9(5-8)14-15-16(10)2/h3-5,7H,6H2,1-2H3,(H,13,17)(H,18,19). The van der Waals surface area contributed by atoms with E-state index in [2.05, 4.69) is 15.6 Å². The number of rotatable bonds is 4. The zero-order valence-electron chi connectivity index (χ0n) is 10.6. The van der Waals surface area contributed by atoms with Crippen molar-refractivity contribution in [1.29, 1.82) is 0 Å². The molecule has 7 nitrogen and oxygen atoms in total. The largest absolute Gasteiger partial charge is 0.481 e. The summed E-state index contributed by atoms with van der Waals surface area (Å²) in [6, 6.07) is 5.04. The van der Waals surface area contributed by atoms with Gasteiger partial charge in [-0.15, -0.1) is 5.10 Å². The number of nitrogens with zero attached hydrogens (tertiary/aromatic N) is 3. The van der Waals surface area contributed by atoms with E-state index < -0.39 is 11.9 Å². The Morgan fingerprint density at radius 1 is 1.47 bits per heavy atom. The fourth-order valence-electron chi connectivity index (χ4n) is 1.62. The van der Waals surface area contributed by atoms with Gasteiger partial charge in [-0.05, 0) is 18.2 Å². The van der Waals surface area contributed by atoms with Crippen molar-refractivity contribution in [2.45, 2.75) is 6.92 Å². The molecule has 1 atom stereocenters.